The van der Waals surface area contributed by atoms with Crippen molar-refractivity contribution in [1.82, 2.24) is 5.43 Å². The van der Waals surface area contributed by atoms with Crippen molar-refractivity contribution in [1.29, 1.82) is 0 Å². The lowest BCUT2D eigenvalue weighted by Crippen LogP contribution is -2.26. The number of hydrogen-bond acceptors (Lipinski definition) is 4. The first-order valence-electron chi connectivity index (χ1n) is 6.84. The Morgan fingerprint density at radius 2 is 1.92 bits per heavy atom. The highest BCUT2D eigenvalue weighted by atomic mass is 79.9. The second-order valence-electron chi connectivity index (χ2n) is 4.67. The summed E-state index contributed by atoms with van der Waals surface area (Å²) in [6, 6.07) is 11.2. The highest BCUT2D eigenvalue weighted by Crippen LogP contribution is 2.34. The number of amides is 1. The normalized spacial score (nSPS) is 10.7. The number of nitrogens with zero attached hydrogens (tertiary/aromatic N) is 1. The molecule has 1 amide bonds. The third-order valence-electron chi connectivity index (χ3n) is 2.93. The molecule has 0 bridgehead atoms. The van der Waals surface area contributed by atoms with E-state index in [1.54, 1.807) is 13.3 Å². The van der Waals surface area contributed by atoms with Gasteiger partial charge in [0.2, 0.25) is 0 Å². The van der Waals surface area contributed by atoms with E-state index in [-0.39, 0.29) is 12.5 Å². The number of ether oxygens (including phenoxy) is 1. The van der Waals surface area contributed by atoms with Gasteiger partial charge >= 0.3 is 0 Å². The predicted molar refractivity (Wildman–Crippen MR) is 107 cm³/mol. The molecule has 2 N–H and O–H groups in total. The Balaban J connectivity index is 1.89. The number of hydrogen-bond donors (Lipinski definition) is 2. The van der Waals surface area contributed by atoms with Crippen LogP contribution in [0, 0.1) is 0 Å². The Bertz CT molecular complexity index is 743. The van der Waals surface area contributed by atoms with E-state index in [1.807, 2.05) is 36.4 Å². The van der Waals surface area contributed by atoms with Crippen LogP contribution in [0.25, 0.3) is 0 Å². The minimum atomic E-state index is -0.254. The molecule has 0 unspecified atom stereocenters. The molecule has 8 heteroatoms. The molecule has 2 aromatic rings. The van der Waals surface area contributed by atoms with Crippen molar-refractivity contribution in [3.05, 3.63) is 55.4 Å². The number of halogens is 3. The van der Waals surface area contributed by atoms with E-state index in [0.717, 1.165) is 30.4 Å². The topological polar surface area (TPSA) is 62.7 Å². The molecule has 24 heavy (non-hydrogen) atoms. The number of nitrogens with one attached hydrogen (secondary N) is 2. The Morgan fingerprint density at radius 1 is 1.21 bits per heavy atom. The Labute approximate surface area is 165 Å². The lowest BCUT2D eigenvalue weighted by molar-refractivity contribution is -0.119. The van der Waals surface area contributed by atoms with E-state index in [4.69, 9.17) is 4.74 Å². The summed E-state index contributed by atoms with van der Waals surface area (Å²) < 4.78 is 7.75. The molecule has 0 aliphatic rings. The molecule has 0 saturated carbocycles. The molecule has 0 aliphatic heterocycles. The van der Waals surface area contributed by atoms with E-state index in [1.165, 1.54) is 0 Å². The molecule has 0 atom stereocenters. The lowest BCUT2D eigenvalue weighted by Gasteiger charge is -2.10. The summed E-state index contributed by atoms with van der Waals surface area (Å²) in [5, 5.41) is 6.99. The van der Waals surface area contributed by atoms with Crippen molar-refractivity contribution in [3.63, 3.8) is 0 Å². The number of methoxy groups -OCH3 is 1. The molecule has 126 valence electrons. The van der Waals surface area contributed by atoms with E-state index in [0.29, 0.717) is 0 Å². The Morgan fingerprint density at radius 3 is 2.58 bits per heavy atom. The van der Waals surface area contributed by atoms with E-state index >= 15 is 0 Å². The number of carbonyl (C=O) groups is 1. The molecule has 5 nitrogen and oxygen atoms in total. The molecule has 0 aromatic heterocycles. The van der Waals surface area contributed by atoms with Gasteiger partial charge in [0.05, 0.1) is 25.6 Å². The quantitative estimate of drug-likeness (QED) is 0.435. The van der Waals surface area contributed by atoms with Crippen LogP contribution >= 0.6 is 47.8 Å². The van der Waals surface area contributed by atoms with Gasteiger partial charge in [-0.1, -0.05) is 28.1 Å². The fraction of sp³-hybridized carbons (Fsp3) is 0.125. The first-order chi connectivity index (χ1) is 11.5. The summed E-state index contributed by atoms with van der Waals surface area (Å²) in [6.07, 6.45) is 1.56. The first kappa shape index (κ1) is 19.0. The van der Waals surface area contributed by atoms with Gasteiger partial charge in [0.1, 0.15) is 5.75 Å². The van der Waals surface area contributed by atoms with Crippen LogP contribution in [0.2, 0.25) is 0 Å². The van der Waals surface area contributed by atoms with E-state index in [9.17, 15) is 4.79 Å². The van der Waals surface area contributed by atoms with Crippen molar-refractivity contribution in [2.75, 3.05) is 19.0 Å². The monoisotopic (exact) mass is 517 g/mol. The fourth-order valence-corrected chi connectivity index (χ4v) is 4.36. The van der Waals surface area contributed by atoms with Gasteiger partial charge in [0.15, 0.2) is 0 Å². The second kappa shape index (κ2) is 9.19. The first-order valence-corrected chi connectivity index (χ1v) is 9.22. The summed E-state index contributed by atoms with van der Waals surface area (Å²) >= 11 is 10.3. The number of carbonyl (C=O) groups excluding carboxylic acids is 1. The highest BCUT2D eigenvalue weighted by molar-refractivity contribution is 9.11. The van der Waals surface area contributed by atoms with Gasteiger partial charge < -0.3 is 10.1 Å². The van der Waals surface area contributed by atoms with Gasteiger partial charge in [-0.05, 0) is 61.7 Å². The molecule has 2 aromatic carbocycles. The van der Waals surface area contributed by atoms with Crippen LogP contribution < -0.4 is 15.5 Å². The molecule has 0 spiro atoms. The number of benzene rings is 2. The summed E-state index contributed by atoms with van der Waals surface area (Å²) in [6.45, 7) is 0.0916. The van der Waals surface area contributed by atoms with Crippen molar-refractivity contribution in [2.45, 2.75) is 0 Å². The third kappa shape index (κ3) is 5.61. The molecule has 0 saturated heterocycles. The number of rotatable bonds is 6. The zero-order valence-corrected chi connectivity index (χ0v) is 17.4. The molecule has 0 heterocycles. The SMILES string of the molecule is COc1cccc(/C=N/NC(=O)CNc2c(Br)cc(Br)cc2Br)c1. The summed E-state index contributed by atoms with van der Waals surface area (Å²) in [4.78, 5) is 11.9. The lowest BCUT2D eigenvalue weighted by atomic mass is 10.2. The van der Waals surface area contributed by atoms with Gasteiger partial charge in [-0.15, -0.1) is 0 Å². The van der Waals surface area contributed by atoms with Crippen LogP contribution in [0.5, 0.6) is 5.75 Å². The van der Waals surface area contributed by atoms with Crippen LogP contribution in [0.1, 0.15) is 5.56 Å². The van der Waals surface area contributed by atoms with Crippen LogP contribution in [0.3, 0.4) is 0 Å². The smallest absolute Gasteiger partial charge is 0.259 e. The van der Waals surface area contributed by atoms with Gasteiger partial charge in [0.25, 0.3) is 5.91 Å². The highest BCUT2D eigenvalue weighted by Gasteiger charge is 2.08. The molecular formula is C16H14Br3N3O2. The minimum absolute atomic E-state index is 0.0916. The zero-order valence-electron chi connectivity index (χ0n) is 12.6. The maximum absolute atomic E-state index is 11.9. The summed E-state index contributed by atoms with van der Waals surface area (Å²) in [7, 11) is 1.60. The third-order valence-corrected chi connectivity index (χ3v) is 4.64. The standard InChI is InChI=1S/C16H14Br3N3O2/c1-24-12-4-2-3-10(5-12)8-21-22-15(23)9-20-16-13(18)6-11(17)7-14(16)19/h2-8,20H,9H2,1H3,(H,22,23)/b21-8+. The predicted octanol–water partition coefficient (Wildman–Crippen LogP) is 4.54. The van der Waals surface area contributed by atoms with Gasteiger partial charge in [-0.3, -0.25) is 4.79 Å². The molecule has 0 aliphatic carbocycles. The van der Waals surface area contributed by atoms with E-state index < -0.39 is 0 Å². The average Bonchev–Trinajstić information content (AvgIpc) is 2.54. The van der Waals surface area contributed by atoms with Crippen molar-refractivity contribution < 1.29 is 9.53 Å². The Kier molecular flexibility index (Phi) is 7.26. The number of hydrazone groups is 1. The second-order valence-corrected chi connectivity index (χ2v) is 7.29. The van der Waals surface area contributed by atoms with Crippen LogP contribution in [0.4, 0.5) is 5.69 Å². The average molecular weight is 520 g/mol. The molecular weight excluding hydrogens is 506 g/mol. The van der Waals surface area contributed by atoms with Crippen molar-refractivity contribution in [3.8, 4) is 5.75 Å². The summed E-state index contributed by atoms with van der Waals surface area (Å²) in [5.41, 5.74) is 4.11. The molecule has 0 radical (unpaired) electrons. The fourth-order valence-electron chi connectivity index (χ4n) is 1.82. The molecule has 0 fully saturated rings. The van der Waals surface area contributed by atoms with Crippen molar-refractivity contribution >= 4 is 65.6 Å². The maximum atomic E-state index is 11.9. The van der Waals surface area contributed by atoms with Crippen LogP contribution in [-0.2, 0) is 4.79 Å². The minimum Gasteiger partial charge on any atom is -0.497 e. The Hall–Kier alpha value is -1.38. The van der Waals surface area contributed by atoms with Gasteiger partial charge in [-0.2, -0.15) is 5.10 Å². The van der Waals surface area contributed by atoms with Crippen molar-refractivity contribution in [2.24, 2.45) is 5.10 Å². The van der Waals surface area contributed by atoms with Gasteiger partial charge in [-0.25, -0.2) is 5.43 Å². The zero-order chi connectivity index (χ0) is 17.5. The largest absolute Gasteiger partial charge is 0.497 e. The number of anilines is 1. The molecule has 2 rings (SSSR count). The maximum Gasteiger partial charge on any atom is 0.259 e. The van der Waals surface area contributed by atoms with E-state index in [2.05, 4.69) is 63.6 Å². The van der Waals surface area contributed by atoms with Crippen LogP contribution in [0.15, 0.2) is 54.9 Å². The summed E-state index contributed by atoms with van der Waals surface area (Å²) in [5.74, 6) is 0.479. The van der Waals surface area contributed by atoms with Crippen LogP contribution in [-0.4, -0.2) is 25.8 Å². The van der Waals surface area contributed by atoms with Gasteiger partial charge in [0, 0.05) is 13.4 Å².